The van der Waals surface area contributed by atoms with Gasteiger partial charge in [0.05, 0.1) is 11.9 Å². The Morgan fingerprint density at radius 2 is 1.57 bits per heavy atom. The zero-order valence-corrected chi connectivity index (χ0v) is 16.9. The summed E-state index contributed by atoms with van der Waals surface area (Å²) in [5.41, 5.74) is 1.12. The van der Waals surface area contributed by atoms with Gasteiger partial charge in [-0.1, -0.05) is 41.9 Å². The van der Waals surface area contributed by atoms with Crippen LogP contribution in [0.3, 0.4) is 0 Å². The zero-order chi connectivity index (χ0) is 19.4. The topological polar surface area (TPSA) is 47.6 Å². The summed E-state index contributed by atoms with van der Waals surface area (Å²) < 4.78 is 25.2. The van der Waals surface area contributed by atoms with E-state index in [1.807, 2.05) is 18.2 Å². The third-order valence-electron chi connectivity index (χ3n) is 4.66. The number of nitrogens with one attached hydrogen (secondary N) is 1. The third-order valence-corrected chi connectivity index (χ3v) is 7.09. The molecule has 3 aromatic rings. The summed E-state index contributed by atoms with van der Waals surface area (Å²) in [5, 5.41) is 4.57. The molecule has 1 heterocycles. The molecule has 1 fully saturated rings. The first-order valence-corrected chi connectivity index (χ1v) is 11.2. The fraction of sp³-hybridized carbons (Fsp3) is 0.182. The molecule has 0 bridgehead atoms. The number of hydrogen-bond acceptors (Lipinski definition) is 3. The van der Waals surface area contributed by atoms with Crippen LogP contribution >= 0.6 is 19.1 Å². The molecule has 1 saturated heterocycles. The van der Waals surface area contributed by atoms with E-state index in [0.717, 1.165) is 18.4 Å². The minimum Gasteiger partial charge on any atom is -0.457 e. The van der Waals surface area contributed by atoms with E-state index in [9.17, 15) is 4.57 Å². The first kappa shape index (κ1) is 19.2. The summed E-state index contributed by atoms with van der Waals surface area (Å²) in [6, 6.07) is 24.4. The number of rotatable bonds is 4. The first-order valence-electron chi connectivity index (χ1n) is 9.24. The highest BCUT2D eigenvalue weighted by Gasteiger charge is 2.32. The van der Waals surface area contributed by atoms with Crippen LogP contribution < -0.4 is 15.1 Å². The van der Waals surface area contributed by atoms with Gasteiger partial charge in [-0.2, -0.15) is 0 Å². The van der Waals surface area contributed by atoms with Gasteiger partial charge in [0.15, 0.2) is 0 Å². The van der Waals surface area contributed by atoms with Crippen LogP contribution in [0.1, 0.15) is 24.4 Å². The molecule has 0 amide bonds. The highest BCUT2D eigenvalue weighted by atomic mass is 35.5. The van der Waals surface area contributed by atoms with Crippen LogP contribution in [0.15, 0.2) is 78.9 Å². The molecule has 3 aromatic carbocycles. The summed E-state index contributed by atoms with van der Waals surface area (Å²) in [6.45, 7) is 0.469. The van der Waals surface area contributed by atoms with Crippen LogP contribution in [-0.2, 0) is 9.09 Å². The second kappa shape index (κ2) is 8.50. The fourth-order valence-electron chi connectivity index (χ4n) is 3.21. The van der Waals surface area contributed by atoms with Gasteiger partial charge in [-0.25, -0.2) is 5.09 Å². The minimum atomic E-state index is -3.16. The van der Waals surface area contributed by atoms with E-state index >= 15 is 0 Å². The van der Waals surface area contributed by atoms with Gasteiger partial charge in [-0.05, 0) is 66.9 Å². The van der Waals surface area contributed by atoms with E-state index in [0.29, 0.717) is 28.4 Å². The zero-order valence-electron chi connectivity index (χ0n) is 15.3. The Hall–Kier alpha value is -2.10. The Balaban J connectivity index is 1.53. The predicted molar refractivity (Wildman–Crippen MR) is 113 cm³/mol. The molecule has 4 nitrogen and oxygen atoms in total. The number of benzene rings is 3. The van der Waals surface area contributed by atoms with Crippen molar-refractivity contribution in [3.05, 3.63) is 89.4 Å². The average Bonchev–Trinajstić information content (AvgIpc) is 2.94. The van der Waals surface area contributed by atoms with Gasteiger partial charge < -0.3 is 9.26 Å². The molecule has 0 aliphatic carbocycles. The standard InChI is InChI=1S/C22H21ClNO3P/c23-18-8-10-19(11-9-18)27-20-12-14-21(15-13-20)28(25)24-22(7-4-16-26-28)17-5-2-1-3-6-17/h1-3,5-6,8-15,22H,4,7,16H2,(H,24,25). The van der Waals surface area contributed by atoms with Crippen LogP contribution in [0.5, 0.6) is 11.5 Å². The summed E-state index contributed by atoms with van der Waals surface area (Å²) in [5.74, 6) is 1.35. The van der Waals surface area contributed by atoms with Crippen molar-refractivity contribution in [1.29, 1.82) is 0 Å². The molecule has 1 aliphatic heterocycles. The summed E-state index contributed by atoms with van der Waals surface area (Å²) in [7, 11) is -3.16. The Morgan fingerprint density at radius 1 is 0.929 bits per heavy atom. The highest BCUT2D eigenvalue weighted by molar-refractivity contribution is 7.65. The molecule has 0 aromatic heterocycles. The van der Waals surface area contributed by atoms with Crippen molar-refractivity contribution in [1.82, 2.24) is 5.09 Å². The van der Waals surface area contributed by atoms with E-state index in [2.05, 4.69) is 17.2 Å². The lowest BCUT2D eigenvalue weighted by Gasteiger charge is -2.23. The third kappa shape index (κ3) is 4.48. The van der Waals surface area contributed by atoms with Crippen LogP contribution in [0.2, 0.25) is 5.02 Å². The van der Waals surface area contributed by atoms with Crippen molar-refractivity contribution in [3.8, 4) is 11.5 Å². The second-order valence-corrected chi connectivity index (χ2v) is 9.24. The maximum atomic E-state index is 13.6. The van der Waals surface area contributed by atoms with Gasteiger partial charge in [0, 0.05) is 11.1 Å². The van der Waals surface area contributed by atoms with Gasteiger partial charge >= 0.3 is 0 Å². The van der Waals surface area contributed by atoms with E-state index < -0.39 is 7.52 Å². The van der Waals surface area contributed by atoms with Crippen molar-refractivity contribution >= 4 is 24.4 Å². The maximum Gasteiger partial charge on any atom is 0.300 e. The van der Waals surface area contributed by atoms with Gasteiger partial charge in [-0.15, -0.1) is 0 Å². The van der Waals surface area contributed by atoms with Gasteiger partial charge in [-0.3, -0.25) is 4.57 Å². The average molecular weight is 414 g/mol. The quantitative estimate of drug-likeness (QED) is 0.525. The molecule has 2 atom stereocenters. The lowest BCUT2D eigenvalue weighted by Crippen LogP contribution is -2.23. The van der Waals surface area contributed by atoms with Crippen molar-refractivity contribution < 1.29 is 13.8 Å². The van der Waals surface area contributed by atoms with Gasteiger partial charge in [0.25, 0.3) is 7.52 Å². The lowest BCUT2D eigenvalue weighted by atomic mass is 10.0. The molecule has 1 aliphatic rings. The van der Waals surface area contributed by atoms with Crippen LogP contribution in [0.4, 0.5) is 0 Å². The van der Waals surface area contributed by atoms with Crippen molar-refractivity contribution in [2.75, 3.05) is 6.61 Å². The molecular weight excluding hydrogens is 393 g/mol. The molecule has 0 radical (unpaired) electrons. The summed E-state index contributed by atoms with van der Waals surface area (Å²) in [4.78, 5) is 0. The number of ether oxygens (including phenoxy) is 1. The normalized spacial score (nSPS) is 22.4. The summed E-state index contributed by atoms with van der Waals surface area (Å²) >= 11 is 5.90. The number of halogens is 1. The van der Waals surface area contributed by atoms with Crippen LogP contribution in [0.25, 0.3) is 0 Å². The van der Waals surface area contributed by atoms with E-state index in [4.69, 9.17) is 20.9 Å². The van der Waals surface area contributed by atoms with Crippen molar-refractivity contribution in [2.45, 2.75) is 18.9 Å². The molecule has 0 spiro atoms. The fourth-order valence-corrected chi connectivity index (χ4v) is 5.33. The van der Waals surface area contributed by atoms with E-state index in [1.165, 1.54) is 0 Å². The van der Waals surface area contributed by atoms with E-state index in [-0.39, 0.29) is 6.04 Å². The first-order chi connectivity index (χ1) is 13.6. The maximum absolute atomic E-state index is 13.6. The molecule has 28 heavy (non-hydrogen) atoms. The largest absolute Gasteiger partial charge is 0.457 e. The SMILES string of the molecule is O=P1(c2ccc(Oc3ccc(Cl)cc3)cc2)NC(c2ccccc2)CCCO1. The Morgan fingerprint density at radius 3 is 2.25 bits per heavy atom. The lowest BCUT2D eigenvalue weighted by molar-refractivity contribution is 0.319. The highest BCUT2D eigenvalue weighted by Crippen LogP contribution is 2.47. The Kier molecular flexibility index (Phi) is 5.84. The van der Waals surface area contributed by atoms with Crippen LogP contribution in [0, 0.1) is 0 Å². The molecule has 2 unspecified atom stereocenters. The molecule has 4 rings (SSSR count). The van der Waals surface area contributed by atoms with Crippen LogP contribution in [-0.4, -0.2) is 6.61 Å². The molecule has 0 saturated carbocycles. The molecule has 144 valence electrons. The Labute approximate surface area is 170 Å². The van der Waals surface area contributed by atoms with E-state index in [1.54, 1.807) is 48.5 Å². The minimum absolute atomic E-state index is 0.000438. The molecular formula is C22H21ClNO3P. The smallest absolute Gasteiger partial charge is 0.300 e. The van der Waals surface area contributed by atoms with Gasteiger partial charge in [0.1, 0.15) is 11.5 Å². The molecule has 1 N–H and O–H groups in total. The molecule has 6 heteroatoms. The predicted octanol–water partition coefficient (Wildman–Crippen LogP) is 6.09. The summed E-state index contributed by atoms with van der Waals surface area (Å²) in [6.07, 6.45) is 1.74. The monoisotopic (exact) mass is 413 g/mol. The number of hydrogen-bond donors (Lipinski definition) is 1. The van der Waals surface area contributed by atoms with Crippen molar-refractivity contribution in [3.63, 3.8) is 0 Å². The second-order valence-electron chi connectivity index (χ2n) is 6.67. The van der Waals surface area contributed by atoms with Crippen molar-refractivity contribution in [2.24, 2.45) is 0 Å². The Bertz CT molecular complexity index is 961. The van der Waals surface area contributed by atoms with Gasteiger partial charge in [0.2, 0.25) is 0 Å².